The lowest BCUT2D eigenvalue weighted by molar-refractivity contribution is -0.137. The Morgan fingerprint density at radius 1 is 0.943 bits per heavy atom. The first-order valence-electron chi connectivity index (χ1n) is 10.6. The maximum Gasteiger partial charge on any atom is 0.416 e. The molecule has 178 valence electrons. The molecule has 0 atom stereocenters. The topological polar surface area (TPSA) is 61.4 Å². The predicted molar refractivity (Wildman–Crippen MR) is 128 cm³/mol. The van der Waals surface area contributed by atoms with Crippen molar-refractivity contribution in [3.8, 4) is 5.75 Å². The SMILES string of the molecule is COc1ccccc1Cn1c(=O)c2ccccc2n2c(SCc3ccc(C(F)(F)F)cc3)nnc12. The van der Waals surface area contributed by atoms with Crippen LogP contribution in [0.5, 0.6) is 5.75 Å². The molecule has 10 heteroatoms. The molecule has 0 aliphatic rings. The van der Waals surface area contributed by atoms with E-state index in [1.165, 1.54) is 23.9 Å². The molecule has 0 radical (unpaired) electrons. The van der Waals surface area contributed by atoms with Gasteiger partial charge < -0.3 is 4.74 Å². The van der Waals surface area contributed by atoms with Gasteiger partial charge in [-0.05, 0) is 35.9 Å². The number of rotatable bonds is 6. The van der Waals surface area contributed by atoms with Gasteiger partial charge in [0.05, 0.1) is 30.1 Å². The molecule has 0 fully saturated rings. The molecule has 0 spiro atoms. The predicted octanol–water partition coefficient (Wildman–Crippen LogP) is 5.41. The maximum atomic E-state index is 13.4. The summed E-state index contributed by atoms with van der Waals surface area (Å²) in [5.41, 5.74) is 1.29. The quantitative estimate of drug-likeness (QED) is 0.294. The van der Waals surface area contributed by atoms with Crippen LogP contribution in [0.4, 0.5) is 13.2 Å². The van der Waals surface area contributed by atoms with E-state index in [1.54, 1.807) is 28.2 Å². The van der Waals surface area contributed by atoms with Crippen molar-refractivity contribution >= 4 is 28.4 Å². The first-order chi connectivity index (χ1) is 16.9. The number of fused-ring (bicyclic) bond motifs is 3. The molecule has 5 rings (SSSR count). The zero-order valence-corrected chi connectivity index (χ0v) is 19.3. The first kappa shape index (κ1) is 23.0. The summed E-state index contributed by atoms with van der Waals surface area (Å²) in [4.78, 5) is 13.4. The Labute approximate surface area is 202 Å². The summed E-state index contributed by atoms with van der Waals surface area (Å²) in [6.07, 6.45) is -4.38. The van der Waals surface area contributed by atoms with Crippen molar-refractivity contribution in [1.29, 1.82) is 0 Å². The molecule has 0 bridgehead atoms. The molecule has 6 nitrogen and oxygen atoms in total. The van der Waals surface area contributed by atoms with Gasteiger partial charge in [-0.1, -0.05) is 54.2 Å². The van der Waals surface area contributed by atoms with Gasteiger partial charge in [-0.3, -0.25) is 13.8 Å². The van der Waals surface area contributed by atoms with Crippen LogP contribution in [0.3, 0.4) is 0 Å². The summed E-state index contributed by atoms with van der Waals surface area (Å²) in [6.45, 7) is 0.235. The molecular formula is C25H19F3N4O2S. The summed E-state index contributed by atoms with van der Waals surface area (Å²) < 4.78 is 47.4. The summed E-state index contributed by atoms with van der Waals surface area (Å²) in [5.74, 6) is 1.41. The van der Waals surface area contributed by atoms with E-state index < -0.39 is 11.7 Å². The Kier molecular flexibility index (Phi) is 5.98. The zero-order valence-electron chi connectivity index (χ0n) is 18.5. The van der Waals surface area contributed by atoms with Gasteiger partial charge in [-0.15, -0.1) is 10.2 Å². The molecule has 0 aliphatic carbocycles. The number of methoxy groups -OCH3 is 1. The van der Waals surface area contributed by atoms with Crippen LogP contribution in [0.1, 0.15) is 16.7 Å². The Morgan fingerprint density at radius 3 is 2.40 bits per heavy atom. The van der Waals surface area contributed by atoms with E-state index in [1.807, 2.05) is 36.4 Å². The van der Waals surface area contributed by atoms with E-state index in [0.29, 0.717) is 38.9 Å². The number of aromatic nitrogens is 4. The van der Waals surface area contributed by atoms with Gasteiger partial charge >= 0.3 is 6.18 Å². The molecule has 0 unspecified atom stereocenters. The van der Waals surface area contributed by atoms with Crippen molar-refractivity contribution in [1.82, 2.24) is 19.2 Å². The lowest BCUT2D eigenvalue weighted by Crippen LogP contribution is -2.24. The van der Waals surface area contributed by atoms with Crippen LogP contribution < -0.4 is 10.3 Å². The number of thioether (sulfide) groups is 1. The second-order valence-corrected chi connectivity index (χ2v) is 8.76. The molecule has 5 aromatic rings. The third-order valence-corrected chi connectivity index (χ3v) is 6.65. The van der Waals surface area contributed by atoms with Crippen molar-refractivity contribution in [3.63, 3.8) is 0 Å². The van der Waals surface area contributed by atoms with Crippen LogP contribution in [-0.2, 0) is 18.5 Å². The highest BCUT2D eigenvalue weighted by Crippen LogP contribution is 2.31. The van der Waals surface area contributed by atoms with E-state index in [9.17, 15) is 18.0 Å². The minimum atomic E-state index is -4.38. The molecule has 0 amide bonds. The van der Waals surface area contributed by atoms with Gasteiger partial charge in [0, 0.05) is 11.3 Å². The van der Waals surface area contributed by atoms with Crippen LogP contribution in [0.25, 0.3) is 16.7 Å². The van der Waals surface area contributed by atoms with Gasteiger partial charge in [0.1, 0.15) is 5.75 Å². The van der Waals surface area contributed by atoms with Crippen molar-refractivity contribution in [2.45, 2.75) is 23.6 Å². The van der Waals surface area contributed by atoms with Crippen LogP contribution in [-0.4, -0.2) is 26.3 Å². The summed E-state index contributed by atoms with van der Waals surface area (Å²) >= 11 is 1.33. The largest absolute Gasteiger partial charge is 0.496 e. The van der Waals surface area contributed by atoms with E-state index in [0.717, 1.165) is 17.7 Å². The monoisotopic (exact) mass is 496 g/mol. The Bertz CT molecular complexity index is 1580. The molecule has 3 aromatic carbocycles. The molecule has 0 saturated carbocycles. The van der Waals surface area contributed by atoms with Gasteiger partial charge in [0.25, 0.3) is 5.56 Å². The lowest BCUT2D eigenvalue weighted by atomic mass is 10.1. The lowest BCUT2D eigenvalue weighted by Gasteiger charge is -2.13. The third kappa shape index (κ3) is 4.37. The number of hydrogen-bond acceptors (Lipinski definition) is 5. The number of ether oxygens (including phenoxy) is 1. The molecule has 0 saturated heterocycles. The number of alkyl halides is 3. The fraction of sp³-hybridized carbons (Fsp3) is 0.160. The fourth-order valence-corrected chi connectivity index (χ4v) is 4.81. The minimum Gasteiger partial charge on any atom is -0.496 e. The average Bonchev–Trinajstić information content (AvgIpc) is 3.29. The number of para-hydroxylation sites is 2. The number of hydrogen-bond donors (Lipinski definition) is 0. The molecule has 2 heterocycles. The number of benzene rings is 3. The highest BCUT2D eigenvalue weighted by Gasteiger charge is 2.30. The molecule has 2 aromatic heterocycles. The second kappa shape index (κ2) is 9.10. The summed E-state index contributed by atoms with van der Waals surface area (Å²) in [6, 6.07) is 19.7. The van der Waals surface area contributed by atoms with Crippen LogP contribution in [0, 0.1) is 0 Å². The number of halogens is 3. The highest BCUT2D eigenvalue weighted by atomic mass is 32.2. The normalized spacial score (nSPS) is 11.9. The van der Waals surface area contributed by atoms with Gasteiger partial charge in [0.2, 0.25) is 5.78 Å². The van der Waals surface area contributed by atoms with Crippen molar-refractivity contribution in [2.24, 2.45) is 0 Å². The average molecular weight is 497 g/mol. The van der Waals surface area contributed by atoms with E-state index in [4.69, 9.17) is 4.74 Å². The van der Waals surface area contributed by atoms with Crippen molar-refractivity contribution in [2.75, 3.05) is 7.11 Å². The van der Waals surface area contributed by atoms with E-state index in [2.05, 4.69) is 10.2 Å². The van der Waals surface area contributed by atoms with E-state index >= 15 is 0 Å². The van der Waals surface area contributed by atoms with Crippen molar-refractivity contribution in [3.05, 3.63) is 99.8 Å². The van der Waals surface area contributed by atoms with E-state index in [-0.39, 0.29) is 12.1 Å². The highest BCUT2D eigenvalue weighted by molar-refractivity contribution is 7.98. The summed E-state index contributed by atoms with van der Waals surface area (Å²) in [7, 11) is 1.57. The standard InChI is InChI=1S/C25H19F3N4O2S/c1-34-21-9-5-2-6-17(21)14-31-22(33)19-7-3-4-8-20(19)32-23(31)29-30-24(32)35-15-16-10-12-18(13-11-16)25(26,27)28/h2-13H,14-15H2,1H3. The van der Waals surface area contributed by atoms with Crippen LogP contribution in [0.15, 0.2) is 82.7 Å². The minimum absolute atomic E-state index is 0.203. The van der Waals surface area contributed by atoms with Crippen LogP contribution >= 0.6 is 11.8 Å². The fourth-order valence-electron chi connectivity index (χ4n) is 3.91. The van der Waals surface area contributed by atoms with Crippen molar-refractivity contribution < 1.29 is 17.9 Å². The zero-order chi connectivity index (χ0) is 24.6. The molecular weight excluding hydrogens is 477 g/mol. The first-order valence-corrected chi connectivity index (χ1v) is 11.6. The third-order valence-electron chi connectivity index (χ3n) is 5.65. The second-order valence-electron chi connectivity index (χ2n) is 7.82. The summed E-state index contributed by atoms with van der Waals surface area (Å²) in [5, 5.41) is 9.65. The molecule has 0 N–H and O–H groups in total. The Balaban J connectivity index is 1.56. The molecule has 35 heavy (non-hydrogen) atoms. The van der Waals surface area contributed by atoms with Gasteiger partial charge in [-0.25, -0.2) is 0 Å². The van der Waals surface area contributed by atoms with Gasteiger partial charge in [0.15, 0.2) is 5.16 Å². The maximum absolute atomic E-state index is 13.4. The number of nitrogens with zero attached hydrogens (tertiary/aromatic N) is 4. The molecule has 0 aliphatic heterocycles. The Morgan fingerprint density at radius 2 is 1.66 bits per heavy atom. The van der Waals surface area contributed by atoms with Gasteiger partial charge in [-0.2, -0.15) is 13.2 Å². The van der Waals surface area contributed by atoms with Crippen LogP contribution in [0.2, 0.25) is 0 Å². The smallest absolute Gasteiger partial charge is 0.416 e. The Hall–Kier alpha value is -3.79.